The van der Waals surface area contributed by atoms with Gasteiger partial charge in [0, 0.05) is 18.9 Å². The molecule has 0 aliphatic rings. The summed E-state index contributed by atoms with van der Waals surface area (Å²) in [5.41, 5.74) is 0. The second-order valence-corrected chi connectivity index (χ2v) is 2.67. The van der Waals surface area contributed by atoms with Gasteiger partial charge in [-0.25, -0.2) is 9.97 Å². The molecule has 0 amide bonds. The van der Waals surface area contributed by atoms with E-state index in [2.05, 4.69) is 31.2 Å². The molecule has 4 heteroatoms. The summed E-state index contributed by atoms with van der Waals surface area (Å²) in [5.74, 6) is 0.672. The van der Waals surface area contributed by atoms with Crippen LogP contribution in [0, 0.1) is 0 Å². The molecule has 0 saturated carbocycles. The van der Waals surface area contributed by atoms with Crippen molar-refractivity contribution in [1.82, 2.24) is 9.97 Å². The van der Waals surface area contributed by atoms with Crippen LogP contribution in [0.5, 0.6) is 0 Å². The van der Waals surface area contributed by atoms with Crippen LogP contribution in [0.15, 0.2) is 16.9 Å². The van der Waals surface area contributed by atoms with Gasteiger partial charge in [0.2, 0.25) is 5.95 Å². The minimum Gasteiger partial charge on any atom is -0.355 e. The molecule has 0 aliphatic heterocycles. The zero-order valence-electron chi connectivity index (χ0n) is 5.63. The third-order valence-corrected chi connectivity index (χ3v) is 1.36. The molecule has 0 unspecified atom stereocenters. The van der Waals surface area contributed by atoms with Crippen LogP contribution in [-0.2, 0) is 0 Å². The third kappa shape index (κ3) is 1.95. The van der Waals surface area contributed by atoms with E-state index < -0.39 is 0 Å². The van der Waals surface area contributed by atoms with Gasteiger partial charge in [0.05, 0.1) is 4.47 Å². The summed E-state index contributed by atoms with van der Waals surface area (Å²) >= 11 is 3.24. The maximum Gasteiger partial charge on any atom is 0.222 e. The van der Waals surface area contributed by atoms with Gasteiger partial charge >= 0.3 is 0 Å². The Bertz CT molecular complexity index is 197. The monoisotopic (exact) mass is 201 g/mol. The zero-order chi connectivity index (χ0) is 7.40. The van der Waals surface area contributed by atoms with Crippen molar-refractivity contribution in [3.8, 4) is 0 Å². The fourth-order valence-corrected chi connectivity index (χ4v) is 0.766. The topological polar surface area (TPSA) is 37.8 Å². The molecule has 1 N–H and O–H groups in total. The third-order valence-electron chi connectivity index (χ3n) is 0.955. The van der Waals surface area contributed by atoms with Gasteiger partial charge in [0.1, 0.15) is 0 Å². The van der Waals surface area contributed by atoms with Gasteiger partial charge in [-0.2, -0.15) is 0 Å². The van der Waals surface area contributed by atoms with Crippen LogP contribution in [0.2, 0.25) is 0 Å². The molecule has 10 heavy (non-hydrogen) atoms. The number of rotatable bonds is 2. The van der Waals surface area contributed by atoms with Gasteiger partial charge in [0.25, 0.3) is 0 Å². The van der Waals surface area contributed by atoms with Crippen molar-refractivity contribution in [2.24, 2.45) is 0 Å². The Morgan fingerprint density at radius 2 is 2.10 bits per heavy atom. The van der Waals surface area contributed by atoms with E-state index in [1.165, 1.54) is 0 Å². The number of nitrogens with zero attached hydrogens (tertiary/aromatic N) is 2. The number of hydrogen-bond donors (Lipinski definition) is 1. The quantitative estimate of drug-likeness (QED) is 0.792. The molecule has 0 aromatic carbocycles. The average Bonchev–Trinajstić information content (AvgIpc) is 1.95. The fraction of sp³-hybridized carbons (Fsp3) is 0.333. The Morgan fingerprint density at radius 3 is 2.60 bits per heavy atom. The molecule has 1 rings (SSSR count). The van der Waals surface area contributed by atoms with E-state index in [1.54, 1.807) is 12.4 Å². The van der Waals surface area contributed by atoms with Crippen molar-refractivity contribution < 1.29 is 0 Å². The molecule has 1 aromatic heterocycles. The predicted octanol–water partition coefficient (Wildman–Crippen LogP) is 1.67. The molecule has 0 spiro atoms. The van der Waals surface area contributed by atoms with E-state index in [1.807, 2.05) is 6.92 Å². The molecule has 0 fully saturated rings. The Balaban J connectivity index is 2.69. The summed E-state index contributed by atoms with van der Waals surface area (Å²) in [4.78, 5) is 8.00. The Kier molecular flexibility index (Phi) is 2.62. The van der Waals surface area contributed by atoms with Crippen molar-refractivity contribution in [1.29, 1.82) is 0 Å². The van der Waals surface area contributed by atoms with Crippen molar-refractivity contribution in [3.63, 3.8) is 0 Å². The van der Waals surface area contributed by atoms with E-state index >= 15 is 0 Å². The van der Waals surface area contributed by atoms with Crippen LogP contribution in [0.25, 0.3) is 0 Å². The molecule has 1 heterocycles. The van der Waals surface area contributed by atoms with Gasteiger partial charge < -0.3 is 5.32 Å². The van der Waals surface area contributed by atoms with Crippen molar-refractivity contribution in [2.45, 2.75) is 6.92 Å². The van der Waals surface area contributed by atoms with Crippen LogP contribution in [-0.4, -0.2) is 16.5 Å². The van der Waals surface area contributed by atoms with Gasteiger partial charge in [-0.15, -0.1) is 0 Å². The predicted molar refractivity (Wildman–Crippen MR) is 43.9 cm³/mol. The first-order valence-electron chi connectivity index (χ1n) is 3.04. The highest BCUT2D eigenvalue weighted by Gasteiger charge is 1.90. The Morgan fingerprint density at radius 1 is 1.50 bits per heavy atom. The molecular weight excluding hydrogens is 194 g/mol. The summed E-state index contributed by atoms with van der Waals surface area (Å²) in [5, 5.41) is 2.99. The van der Waals surface area contributed by atoms with Crippen molar-refractivity contribution in [3.05, 3.63) is 16.9 Å². The highest BCUT2D eigenvalue weighted by atomic mass is 79.9. The largest absolute Gasteiger partial charge is 0.355 e. The second-order valence-electron chi connectivity index (χ2n) is 1.76. The first kappa shape index (κ1) is 7.47. The number of aromatic nitrogens is 2. The molecule has 0 saturated heterocycles. The van der Waals surface area contributed by atoms with Gasteiger partial charge in [0.15, 0.2) is 0 Å². The van der Waals surface area contributed by atoms with E-state index in [4.69, 9.17) is 0 Å². The highest BCUT2D eigenvalue weighted by molar-refractivity contribution is 9.10. The Labute approximate surface area is 68.0 Å². The maximum atomic E-state index is 4.00. The second kappa shape index (κ2) is 3.51. The van der Waals surface area contributed by atoms with Crippen molar-refractivity contribution in [2.75, 3.05) is 11.9 Å². The SMILES string of the molecule is CCNc1ncc(Br)cn1. The summed E-state index contributed by atoms with van der Waals surface area (Å²) in [7, 11) is 0. The van der Waals surface area contributed by atoms with Crippen LogP contribution in [0.3, 0.4) is 0 Å². The van der Waals surface area contributed by atoms with E-state index in [0.29, 0.717) is 5.95 Å². The summed E-state index contributed by atoms with van der Waals surface area (Å²) in [6, 6.07) is 0. The summed E-state index contributed by atoms with van der Waals surface area (Å²) in [6.07, 6.45) is 3.43. The smallest absolute Gasteiger partial charge is 0.222 e. The molecule has 0 aliphatic carbocycles. The average molecular weight is 202 g/mol. The lowest BCUT2D eigenvalue weighted by Crippen LogP contribution is -2.00. The van der Waals surface area contributed by atoms with E-state index in [9.17, 15) is 0 Å². The lowest BCUT2D eigenvalue weighted by atomic mass is 10.6. The zero-order valence-corrected chi connectivity index (χ0v) is 7.22. The minimum atomic E-state index is 0.672. The van der Waals surface area contributed by atoms with Gasteiger partial charge in [-0.3, -0.25) is 0 Å². The van der Waals surface area contributed by atoms with Crippen LogP contribution in [0.1, 0.15) is 6.92 Å². The molecule has 0 bridgehead atoms. The number of nitrogens with one attached hydrogen (secondary N) is 1. The molecular formula is C6H8BrN3. The standard InChI is InChI=1S/C6H8BrN3/c1-2-8-6-9-3-5(7)4-10-6/h3-4H,2H2,1H3,(H,8,9,10). The first-order valence-corrected chi connectivity index (χ1v) is 3.83. The molecule has 1 aromatic rings. The van der Waals surface area contributed by atoms with Crippen LogP contribution < -0.4 is 5.32 Å². The molecule has 0 atom stereocenters. The highest BCUT2D eigenvalue weighted by Crippen LogP contribution is 2.05. The van der Waals surface area contributed by atoms with Crippen LogP contribution >= 0.6 is 15.9 Å². The number of hydrogen-bond acceptors (Lipinski definition) is 3. The normalized spacial score (nSPS) is 9.40. The summed E-state index contributed by atoms with van der Waals surface area (Å²) in [6.45, 7) is 2.85. The van der Waals surface area contributed by atoms with E-state index in [-0.39, 0.29) is 0 Å². The lowest BCUT2D eigenvalue weighted by molar-refractivity contribution is 1.08. The van der Waals surface area contributed by atoms with E-state index in [0.717, 1.165) is 11.0 Å². The van der Waals surface area contributed by atoms with Crippen molar-refractivity contribution >= 4 is 21.9 Å². The van der Waals surface area contributed by atoms with Gasteiger partial charge in [-0.1, -0.05) is 0 Å². The number of halogens is 1. The number of anilines is 1. The van der Waals surface area contributed by atoms with Crippen LogP contribution in [0.4, 0.5) is 5.95 Å². The Hall–Kier alpha value is -0.640. The summed E-state index contributed by atoms with van der Waals surface area (Å²) < 4.78 is 0.897. The lowest BCUT2D eigenvalue weighted by Gasteiger charge is -1.98. The fourth-order valence-electron chi connectivity index (χ4n) is 0.562. The maximum absolute atomic E-state index is 4.00. The molecule has 3 nitrogen and oxygen atoms in total. The molecule has 54 valence electrons. The molecule has 0 radical (unpaired) electrons. The van der Waals surface area contributed by atoms with Gasteiger partial charge in [-0.05, 0) is 22.9 Å². The minimum absolute atomic E-state index is 0.672. The first-order chi connectivity index (χ1) is 4.83.